The molecule has 0 radical (unpaired) electrons. The van der Waals surface area contributed by atoms with E-state index < -0.39 is 8.68 Å². The molecule has 0 aliphatic carbocycles. The zero-order chi connectivity index (χ0) is 21.6. The quantitative estimate of drug-likeness (QED) is 0.523. The van der Waals surface area contributed by atoms with E-state index in [1.807, 2.05) is 43.3 Å². The van der Waals surface area contributed by atoms with Crippen LogP contribution in [0.4, 0.5) is 5.82 Å². The van der Waals surface area contributed by atoms with E-state index in [4.69, 9.17) is 25.8 Å². The topological polar surface area (TPSA) is 93.6 Å². The highest BCUT2D eigenvalue weighted by atomic mass is 32.8. The molecular weight excluding hydrogens is 422 g/mol. The maximum atomic E-state index is 13.3. The lowest BCUT2D eigenvalue weighted by atomic mass is 10.1. The van der Waals surface area contributed by atoms with E-state index >= 15 is 0 Å². The van der Waals surface area contributed by atoms with Crippen molar-refractivity contribution in [3.05, 3.63) is 71.5 Å². The monoisotopic (exact) mass is 445 g/mol. The molecule has 0 aliphatic heterocycles. The number of ether oxygens (including phenoxy) is 2. The molecule has 0 spiro atoms. The van der Waals surface area contributed by atoms with E-state index in [2.05, 4.69) is 14.7 Å². The summed E-state index contributed by atoms with van der Waals surface area (Å²) in [5.74, 6) is 1.28. The normalized spacial score (nSPS) is 12.8. The van der Waals surface area contributed by atoms with Gasteiger partial charge in [0.05, 0.1) is 24.2 Å². The molecule has 0 saturated carbocycles. The fraction of sp³-hybridized carbons (Fsp3) is 0.238. The number of aliphatic hydroxyl groups is 1. The predicted molar refractivity (Wildman–Crippen MR) is 119 cm³/mol. The van der Waals surface area contributed by atoms with Crippen LogP contribution in [-0.4, -0.2) is 39.6 Å². The van der Waals surface area contributed by atoms with Crippen molar-refractivity contribution in [3.8, 4) is 11.6 Å². The molecule has 0 fully saturated rings. The van der Waals surface area contributed by atoms with E-state index in [0.29, 0.717) is 28.4 Å². The summed E-state index contributed by atoms with van der Waals surface area (Å²) in [7, 11) is -1.45. The van der Waals surface area contributed by atoms with Gasteiger partial charge in [-0.25, -0.2) is 14.2 Å². The molecule has 1 heterocycles. The van der Waals surface area contributed by atoms with Gasteiger partial charge in [0.25, 0.3) is 0 Å². The van der Waals surface area contributed by atoms with Crippen LogP contribution < -0.4 is 14.2 Å². The van der Waals surface area contributed by atoms with Gasteiger partial charge in [0.2, 0.25) is 5.88 Å². The van der Waals surface area contributed by atoms with E-state index in [-0.39, 0.29) is 19.1 Å². The molecule has 1 unspecified atom stereocenters. The second-order valence-electron chi connectivity index (χ2n) is 6.49. The van der Waals surface area contributed by atoms with Crippen LogP contribution in [0, 0.1) is 6.92 Å². The minimum atomic E-state index is -3.04. The fourth-order valence-corrected chi connectivity index (χ4v) is 4.47. The number of nitrogens with one attached hydrogen (secondary N) is 1. The summed E-state index contributed by atoms with van der Waals surface area (Å²) in [5.41, 5.74) is 2.49. The zero-order valence-electron chi connectivity index (χ0n) is 16.7. The number of hydrogen-bond acceptors (Lipinski definition) is 7. The van der Waals surface area contributed by atoms with Crippen LogP contribution in [0.25, 0.3) is 0 Å². The lowest BCUT2D eigenvalue weighted by Crippen LogP contribution is -2.16. The van der Waals surface area contributed by atoms with Gasteiger partial charge in [-0.05, 0) is 30.7 Å². The summed E-state index contributed by atoms with van der Waals surface area (Å²) in [4.78, 5) is 8.96. The van der Waals surface area contributed by atoms with Crippen molar-refractivity contribution in [2.45, 2.75) is 18.2 Å². The second kappa shape index (κ2) is 9.84. The van der Waals surface area contributed by atoms with Gasteiger partial charge in [0.15, 0.2) is 0 Å². The number of methoxy groups -OCH3 is 1. The molecular formula is C21H23N3O4S2. The third-order valence-electron chi connectivity index (χ3n) is 4.36. The third kappa shape index (κ3) is 5.24. The highest BCUT2D eigenvalue weighted by Crippen LogP contribution is 2.30. The maximum Gasteiger partial charge on any atom is 0.222 e. The molecule has 3 rings (SSSR count). The highest BCUT2D eigenvalue weighted by molar-refractivity contribution is 8.33. The first-order valence-electron chi connectivity index (χ1n) is 9.23. The summed E-state index contributed by atoms with van der Waals surface area (Å²) >= 11 is 5.39. The number of anilines is 1. The molecule has 9 heteroatoms. The number of nitrogens with zero attached hydrogens (tertiary/aromatic N) is 2. The Morgan fingerprint density at radius 3 is 2.57 bits per heavy atom. The van der Waals surface area contributed by atoms with Crippen LogP contribution in [0.15, 0.2) is 59.8 Å². The minimum absolute atomic E-state index is 0.0661. The molecule has 0 aliphatic rings. The van der Waals surface area contributed by atoms with Crippen LogP contribution in [0.3, 0.4) is 0 Å². The molecule has 158 valence electrons. The van der Waals surface area contributed by atoms with E-state index in [9.17, 15) is 4.21 Å². The van der Waals surface area contributed by atoms with E-state index in [1.54, 1.807) is 19.2 Å². The molecule has 1 atom stereocenters. The molecule has 0 amide bonds. The largest absolute Gasteiger partial charge is 0.496 e. The van der Waals surface area contributed by atoms with Crippen LogP contribution in [0.1, 0.15) is 16.7 Å². The van der Waals surface area contributed by atoms with Crippen LogP contribution in [0.2, 0.25) is 0 Å². The molecule has 0 bridgehead atoms. The zero-order valence-corrected chi connectivity index (χ0v) is 18.3. The van der Waals surface area contributed by atoms with E-state index in [0.717, 1.165) is 11.1 Å². The van der Waals surface area contributed by atoms with Gasteiger partial charge < -0.3 is 14.6 Å². The third-order valence-corrected chi connectivity index (χ3v) is 6.54. The van der Waals surface area contributed by atoms with Crippen molar-refractivity contribution in [2.24, 2.45) is 0 Å². The Bertz CT molecular complexity index is 1100. The van der Waals surface area contributed by atoms with Crippen molar-refractivity contribution in [1.82, 2.24) is 9.97 Å². The Balaban J connectivity index is 2.02. The number of aromatic nitrogens is 2. The van der Waals surface area contributed by atoms with Crippen LogP contribution in [-0.2, 0) is 26.3 Å². The first-order valence-corrected chi connectivity index (χ1v) is 11.7. The summed E-state index contributed by atoms with van der Waals surface area (Å²) in [6.07, 6.45) is 1.66. The van der Waals surface area contributed by atoms with E-state index in [1.165, 1.54) is 6.33 Å². The van der Waals surface area contributed by atoms with Gasteiger partial charge >= 0.3 is 0 Å². The first kappa shape index (κ1) is 21.9. The number of aryl methyl sites for hydroxylation is 1. The maximum absolute atomic E-state index is 13.3. The molecule has 3 aromatic rings. The number of hydrogen-bond donors (Lipinski definition) is 2. The number of aliphatic hydroxyl groups excluding tert-OH is 1. The second-order valence-corrected chi connectivity index (χ2v) is 9.58. The van der Waals surface area contributed by atoms with Gasteiger partial charge in [0.1, 0.15) is 33.2 Å². The number of para-hydroxylation sites is 1. The van der Waals surface area contributed by atoms with Crippen molar-refractivity contribution in [1.29, 1.82) is 0 Å². The Labute approximate surface area is 180 Å². The molecule has 7 nitrogen and oxygen atoms in total. The highest BCUT2D eigenvalue weighted by Gasteiger charge is 2.19. The molecule has 2 N–H and O–H groups in total. The minimum Gasteiger partial charge on any atom is -0.496 e. The van der Waals surface area contributed by atoms with Crippen molar-refractivity contribution < 1.29 is 18.8 Å². The predicted octanol–water partition coefficient (Wildman–Crippen LogP) is 2.89. The van der Waals surface area contributed by atoms with Gasteiger partial charge in [-0.3, -0.25) is 4.72 Å². The Kier molecular flexibility index (Phi) is 7.20. The summed E-state index contributed by atoms with van der Waals surface area (Å²) in [6, 6.07) is 14.7. The van der Waals surface area contributed by atoms with Gasteiger partial charge in [-0.15, -0.1) is 0 Å². The standard InChI is InChI=1S/C21H23N3O4S2/c1-15-7-9-17(10-8-15)30(26,29)24-20-18(21(23-14-22-20)28-12-11-25)13-16-5-3-4-6-19(16)27-2/h3-10,14,25H,11-13H2,1-2H3,(H,22,23,24). The Morgan fingerprint density at radius 1 is 1.13 bits per heavy atom. The Hall–Kier alpha value is -2.75. The fourth-order valence-electron chi connectivity index (χ4n) is 2.85. The molecule has 30 heavy (non-hydrogen) atoms. The smallest absolute Gasteiger partial charge is 0.222 e. The summed E-state index contributed by atoms with van der Waals surface area (Å²) < 4.78 is 27.2. The van der Waals surface area contributed by atoms with Gasteiger partial charge in [-0.2, -0.15) is 0 Å². The van der Waals surface area contributed by atoms with Crippen molar-refractivity contribution >= 4 is 25.7 Å². The van der Waals surface area contributed by atoms with Gasteiger partial charge in [-0.1, -0.05) is 35.9 Å². The molecule has 1 aromatic heterocycles. The van der Waals surface area contributed by atoms with Crippen LogP contribution >= 0.6 is 0 Å². The van der Waals surface area contributed by atoms with Gasteiger partial charge in [0, 0.05) is 17.6 Å². The lowest BCUT2D eigenvalue weighted by Gasteiger charge is -2.17. The Morgan fingerprint density at radius 2 is 1.87 bits per heavy atom. The lowest BCUT2D eigenvalue weighted by molar-refractivity contribution is 0.195. The average Bonchev–Trinajstić information content (AvgIpc) is 2.74. The molecule has 2 aromatic carbocycles. The summed E-state index contributed by atoms with van der Waals surface area (Å²) in [5, 5.41) is 9.15. The van der Waals surface area contributed by atoms with Crippen molar-refractivity contribution in [3.63, 3.8) is 0 Å². The number of benzene rings is 2. The van der Waals surface area contributed by atoms with Crippen LogP contribution in [0.5, 0.6) is 11.6 Å². The average molecular weight is 446 g/mol. The SMILES string of the molecule is COc1ccccc1Cc1c(NS(=O)(=S)c2ccc(C)cc2)ncnc1OCCO. The first-order chi connectivity index (χ1) is 14.4. The number of rotatable bonds is 9. The van der Waals surface area contributed by atoms with Crippen molar-refractivity contribution in [2.75, 3.05) is 25.0 Å². The molecule has 0 saturated heterocycles. The summed E-state index contributed by atoms with van der Waals surface area (Å²) in [6.45, 7) is 1.85.